The SMILES string of the molecule is C=CC1CCCN1C(=O)C(Cl)Sc1ccccc1. The van der Waals surface area contributed by atoms with E-state index in [2.05, 4.69) is 6.58 Å². The van der Waals surface area contributed by atoms with Crippen molar-refractivity contribution in [3.8, 4) is 0 Å². The van der Waals surface area contributed by atoms with Gasteiger partial charge in [-0.2, -0.15) is 0 Å². The molecule has 1 aliphatic rings. The van der Waals surface area contributed by atoms with Gasteiger partial charge in [-0.3, -0.25) is 4.79 Å². The molecule has 0 saturated carbocycles. The second kappa shape index (κ2) is 6.30. The van der Waals surface area contributed by atoms with Crippen LogP contribution in [-0.4, -0.2) is 28.1 Å². The lowest BCUT2D eigenvalue weighted by atomic mass is 10.2. The fourth-order valence-electron chi connectivity index (χ4n) is 2.11. The molecular weight excluding hydrogens is 266 g/mol. The first-order valence-electron chi connectivity index (χ1n) is 6.01. The number of alkyl halides is 1. The highest BCUT2D eigenvalue weighted by molar-refractivity contribution is 8.01. The van der Waals surface area contributed by atoms with Gasteiger partial charge in [-0.15, -0.1) is 6.58 Å². The number of carbonyl (C=O) groups excluding carboxylic acids is 1. The topological polar surface area (TPSA) is 20.3 Å². The van der Waals surface area contributed by atoms with Crippen molar-refractivity contribution in [1.29, 1.82) is 0 Å². The smallest absolute Gasteiger partial charge is 0.251 e. The van der Waals surface area contributed by atoms with Crippen LogP contribution in [0.25, 0.3) is 0 Å². The van der Waals surface area contributed by atoms with Gasteiger partial charge in [0.25, 0.3) is 5.91 Å². The minimum absolute atomic E-state index is 0.00656. The number of halogens is 1. The summed E-state index contributed by atoms with van der Waals surface area (Å²) in [5.74, 6) is -0.00656. The Morgan fingerprint density at radius 3 is 2.89 bits per heavy atom. The Morgan fingerprint density at radius 1 is 1.50 bits per heavy atom. The number of carbonyl (C=O) groups is 1. The average molecular weight is 282 g/mol. The first kappa shape index (κ1) is 13.5. The molecule has 0 bridgehead atoms. The minimum atomic E-state index is -0.562. The lowest BCUT2D eigenvalue weighted by molar-refractivity contribution is -0.129. The number of rotatable bonds is 4. The van der Waals surface area contributed by atoms with Gasteiger partial charge in [0.2, 0.25) is 0 Å². The highest BCUT2D eigenvalue weighted by Crippen LogP contribution is 2.29. The van der Waals surface area contributed by atoms with Crippen molar-refractivity contribution in [2.24, 2.45) is 0 Å². The van der Waals surface area contributed by atoms with Gasteiger partial charge in [-0.25, -0.2) is 0 Å². The van der Waals surface area contributed by atoms with Gasteiger partial charge in [0.15, 0.2) is 4.71 Å². The number of likely N-dealkylation sites (tertiary alicyclic amines) is 1. The molecule has 18 heavy (non-hydrogen) atoms. The van der Waals surface area contributed by atoms with Crippen LogP contribution in [0.3, 0.4) is 0 Å². The maximum absolute atomic E-state index is 12.2. The van der Waals surface area contributed by atoms with Gasteiger partial charge in [-0.1, -0.05) is 47.6 Å². The molecule has 96 valence electrons. The van der Waals surface area contributed by atoms with Crippen molar-refractivity contribution in [2.45, 2.75) is 28.5 Å². The summed E-state index contributed by atoms with van der Waals surface area (Å²) in [5, 5.41) is 0. The fraction of sp³-hybridized carbons (Fsp3) is 0.357. The molecule has 1 aromatic carbocycles. The van der Waals surface area contributed by atoms with E-state index in [0.29, 0.717) is 0 Å². The minimum Gasteiger partial charge on any atom is -0.334 e. The van der Waals surface area contributed by atoms with E-state index in [1.165, 1.54) is 11.8 Å². The average Bonchev–Trinajstić information content (AvgIpc) is 2.87. The summed E-state index contributed by atoms with van der Waals surface area (Å²) in [6.07, 6.45) is 3.86. The third-order valence-corrected chi connectivity index (χ3v) is 4.44. The zero-order valence-electron chi connectivity index (χ0n) is 10.1. The summed E-state index contributed by atoms with van der Waals surface area (Å²) < 4.78 is -0.562. The standard InChI is InChI=1S/C14H16ClNOS/c1-2-11-7-6-10-16(11)14(17)13(15)18-12-8-4-3-5-9-12/h2-5,8-9,11,13H,1,6-7,10H2. The van der Waals surface area contributed by atoms with Crippen LogP contribution in [-0.2, 0) is 4.79 Å². The zero-order chi connectivity index (χ0) is 13.0. The third-order valence-electron chi connectivity index (χ3n) is 3.03. The molecular formula is C14H16ClNOS. The molecule has 0 N–H and O–H groups in total. The molecule has 2 nitrogen and oxygen atoms in total. The molecule has 0 radical (unpaired) electrons. The van der Waals surface area contributed by atoms with Gasteiger partial charge in [-0.05, 0) is 25.0 Å². The zero-order valence-corrected chi connectivity index (χ0v) is 11.7. The summed E-state index contributed by atoms with van der Waals surface area (Å²) in [4.78, 5) is 15.1. The number of nitrogens with zero attached hydrogens (tertiary/aromatic N) is 1. The van der Waals surface area contributed by atoms with Crippen LogP contribution in [0.4, 0.5) is 0 Å². The number of hydrogen-bond donors (Lipinski definition) is 0. The maximum atomic E-state index is 12.2. The molecule has 1 saturated heterocycles. The highest BCUT2D eigenvalue weighted by Gasteiger charge is 2.30. The molecule has 0 aromatic heterocycles. The van der Waals surface area contributed by atoms with Crippen LogP contribution in [0.15, 0.2) is 47.9 Å². The van der Waals surface area contributed by atoms with Crippen molar-refractivity contribution in [3.05, 3.63) is 43.0 Å². The fourth-order valence-corrected chi connectivity index (χ4v) is 3.33. The molecule has 1 aliphatic heterocycles. The Kier molecular flexibility index (Phi) is 4.72. The monoisotopic (exact) mass is 281 g/mol. The summed E-state index contributed by atoms with van der Waals surface area (Å²) in [5.41, 5.74) is 0. The highest BCUT2D eigenvalue weighted by atomic mass is 35.5. The van der Waals surface area contributed by atoms with Gasteiger partial charge in [0.1, 0.15) is 0 Å². The van der Waals surface area contributed by atoms with Gasteiger partial charge >= 0.3 is 0 Å². The van der Waals surface area contributed by atoms with Gasteiger partial charge < -0.3 is 4.90 Å². The summed E-state index contributed by atoms with van der Waals surface area (Å²) in [6.45, 7) is 4.56. The molecule has 1 fully saturated rings. The van der Waals surface area contributed by atoms with Crippen molar-refractivity contribution in [2.75, 3.05) is 6.54 Å². The van der Waals surface area contributed by atoms with E-state index < -0.39 is 4.71 Å². The quantitative estimate of drug-likeness (QED) is 0.478. The predicted octanol–water partition coefficient (Wildman–Crippen LogP) is 3.52. The number of thioether (sulfide) groups is 1. The van der Waals surface area contributed by atoms with Crippen LogP contribution in [0.1, 0.15) is 12.8 Å². The molecule has 4 heteroatoms. The summed E-state index contributed by atoms with van der Waals surface area (Å²) in [7, 11) is 0. The molecule has 1 heterocycles. The second-order valence-corrected chi connectivity index (χ2v) is 6.10. The molecule has 1 aromatic rings. The van der Waals surface area contributed by atoms with E-state index in [-0.39, 0.29) is 11.9 Å². The second-order valence-electron chi connectivity index (χ2n) is 4.22. The van der Waals surface area contributed by atoms with Crippen molar-refractivity contribution in [1.82, 2.24) is 4.90 Å². The predicted molar refractivity (Wildman–Crippen MR) is 76.9 cm³/mol. The molecule has 2 unspecified atom stereocenters. The lowest BCUT2D eigenvalue weighted by Gasteiger charge is -2.24. The maximum Gasteiger partial charge on any atom is 0.251 e. The van der Waals surface area contributed by atoms with Gasteiger partial charge in [0.05, 0.1) is 0 Å². The largest absolute Gasteiger partial charge is 0.334 e. The molecule has 2 atom stereocenters. The number of amides is 1. The van der Waals surface area contributed by atoms with E-state index in [4.69, 9.17) is 11.6 Å². The van der Waals surface area contributed by atoms with Crippen LogP contribution in [0.5, 0.6) is 0 Å². The number of hydrogen-bond acceptors (Lipinski definition) is 2. The van der Waals surface area contributed by atoms with Crippen molar-refractivity contribution < 1.29 is 4.79 Å². The van der Waals surface area contributed by atoms with Crippen LogP contribution in [0, 0.1) is 0 Å². The van der Waals surface area contributed by atoms with E-state index in [0.717, 1.165) is 24.3 Å². The Bertz CT molecular complexity index is 423. The Labute approximate surface area is 117 Å². The Hall–Kier alpha value is -0.930. The van der Waals surface area contributed by atoms with E-state index >= 15 is 0 Å². The first-order chi connectivity index (χ1) is 8.72. The van der Waals surface area contributed by atoms with Gasteiger partial charge in [0, 0.05) is 17.5 Å². The normalized spacial score (nSPS) is 20.7. The molecule has 2 rings (SSSR count). The number of benzene rings is 1. The van der Waals surface area contributed by atoms with Crippen LogP contribution >= 0.6 is 23.4 Å². The summed E-state index contributed by atoms with van der Waals surface area (Å²) in [6, 6.07) is 9.90. The molecule has 1 amide bonds. The molecule has 0 spiro atoms. The summed E-state index contributed by atoms with van der Waals surface area (Å²) >= 11 is 7.60. The third kappa shape index (κ3) is 3.09. The lowest BCUT2D eigenvalue weighted by Crippen LogP contribution is -2.38. The Balaban J connectivity index is 1.98. The first-order valence-corrected chi connectivity index (χ1v) is 7.33. The van der Waals surface area contributed by atoms with Crippen molar-refractivity contribution in [3.63, 3.8) is 0 Å². The van der Waals surface area contributed by atoms with E-state index in [9.17, 15) is 4.79 Å². The van der Waals surface area contributed by atoms with E-state index in [1.54, 1.807) is 0 Å². The van der Waals surface area contributed by atoms with Crippen LogP contribution in [0.2, 0.25) is 0 Å². The molecule has 0 aliphatic carbocycles. The Morgan fingerprint density at radius 2 is 2.22 bits per heavy atom. The van der Waals surface area contributed by atoms with E-state index in [1.807, 2.05) is 41.3 Å². The van der Waals surface area contributed by atoms with Crippen LogP contribution < -0.4 is 0 Å². The van der Waals surface area contributed by atoms with Crippen molar-refractivity contribution >= 4 is 29.3 Å².